The molecule has 0 amide bonds. The summed E-state index contributed by atoms with van der Waals surface area (Å²) in [5.74, 6) is 0.649. The SMILES string of the molecule is N#Cc1ccc2nc(Cl)c(-c3ncc[nH]3)c(-c3ccccc3)c2c1. The fourth-order valence-corrected chi connectivity index (χ4v) is 3.10. The van der Waals surface area contributed by atoms with Gasteiger partial charge >= 0.3 is 0 Å². The van der Waals surface area contributed by atoms with Gasteiger partial charge in [-0.2, -0.15) is 5.26 Å². The van der Waals surface area contributed by atoms with Gasteiger partial charge in [0.2, 0.25) is 0 Å². The molecular formula is C19H11ClN4. The van der Waals surface area contributed by atoms with Gasteiger partial charge in [0.1, 0.15) is 11.0 Å². The number of rotatable bonds is 2. The van der Waals surface area contributed by atoms with E-state index in [1.807, 2.05) is 42.5 Å². The van der Waals surface area contributed by atoms with E-state index in [0.29, 0.717) is 16.5 Å². The van der Waals surface area contributed by atoms with Crippen molar-refractivity contribution in [3.63, 3.8) is 0 Å². The monoisotopic (exact) mass is 330 g/mol. The molecule has 0 spiro atoms. The van der Waals surface area contributed by atoms with Crippen molar-refractivity contribution in [2.24, 2.45) is 0 Å². The molecule has 0 saturated heterocycles. The highest BCUT2D eigenvalue weighted by Gasteiger charge is 2.19. The molecule has 5 heteroatoms. The molecular weight excluding hydrogens is 320 g/mol. The molecule has 0 aliphatic carbocycles. The van der Waals surface area contributed by atoms with Gasteiger partial charge in [-0.25, -0.2) is 9.97 Å². The van der Waals surface area contributed by atoms with Crippen LogP contribution < -0.4 is 0 Å². The molecule has 0 unspecified atom stereocenters. The molecule has 114 valence electrons. The molecule has 2 aromatic heterocycles. The zero-order valence-electron chi connectivity index (χ0n) is 12.5. The third-order valence-corrected chi connectivity index (χ3v) is 4.14. The number of nitrogens with zero attached hydrogens (tertiary/aromatic N) is 3. The Hall–Kier alpha value is -3.16. The van der Waals surface area contributed by atoms with Crippen LogP contribution in [0, 0.1) is 11.3 Å². The molecule has 0 radical (unpaired) electrons. The Morgan fingerprint density at radius 3 is 2.58 bits per heavy atom. The van der Waals surface area contributed by atoms with E-state index in [-0.39, 0.29) is 0 Å². The molecule has 0 aliphatic heterocycles. The number of hydrogen-bond acceptors (Lipinski definition) is 3. The number of hydrogen-bond donors (Lipinski definition) is 1. The Bertz CT molecular complexity index is 1060. The van der Waals surface area contributed by atoms with E-state index in [1.165, 1.54) is 0 Å². The molecule has 4 rings (SSSR count). The molecule has 0 atom stereocenters. The largest absolute Gasteiger partial charge is 0.345 e. The van der Waals surface area contributed by atoms with Crippen molar-refractivity contribution in [1.82, 2.24) is 15.0 Å². The van der Waals surface area contributed by atoms with Gasteiger partial charge in [0.25, 0.3) is 0 Å². The maximum Gasteiger partial charge on any atom is 0.141 e. The molecule has 4 nitrogen and oxygen atoms in total. The summed E-state index contributed by atoms with van der Waals surface area (Å²) in [5, 5.41) is 10.5. The summed E-state index contributed by atoms with van der Waals surface area (Å²) in [4.78, 5) is 11.9. The van der Waals surface area contributed by atoms with Crippen LogP contribution in [-0.4, -0.2) is 15.0 Å². The summed E-state index contributed by atoms with van der Waals surface area (Å²) in [6, 6.07) is 17.5. The molecule has 4 aromatic rings. The topological polar surface area (TPSA) is 65.4 Å². The van der Waals surface area contributed by atoms with Gasteiger partial charge in [-0.1, -0.05) is 41.9 Å². The second kappa shape index (κ2) is 5.80. The molecule has 2 aromatic carbocycles. The van der Waals surface area contributed by atoms with Crippen LogP contribution >= 0.6 is 11.6 Å². The van der Waals surface area contributed by atoms with Gasteiger partial charge in [-0.15, -0.1) is 0 Å². The average molecular weight is 331 g/mol. The van der Waals surface area contributed by atoms with Crippen molar-refractivity contribution < 1.29 is 0 Å². The Balaban J connectivity index is 2.18. The van der Waals surface area contributed by atoms with Crippen LogP contribution in [0.25, 0.3) is 33.4 Å². The zero-order valence-corrected chi connectivity index (χ0v) is 13.2. The van der Waals surface area contributed by atoms with Gasteiger partial charge in [-0.3, -0.25) is 0 Å². The first-order chi connectivity index (χ1) is 11.8. The van der Waals surface area contributed by atoms with Gasteiger partial charge < -0.3 is 4.98 Å². The Morgan fingerprint density at radius 1 is 1.04 bits per heavy atom. The first-order valence-corrected chi connectivity index (χ1v) is 7.74. The standard InChI is InChI=1S/C19H11ClN4/c20-18-17(19-22-8-9-23-19)16(13-4-2-1-3-5-13)14-10-12(11-21)6-7-15(14)24-18/h1-10H,(H,22,23). The summed E-state index contributed by atoms with van der Waals surface area (Å²) in [5.41, 5.74) is 3.96. The van der Waals surface area contributed by atoms with E-state index < -0.39 is 0 Å². The van der Waals surface area contributed by atoms with Crippen molar-refractivity contribution in [3.8, 4) is 28.6 Å². The molecule has 24 heavy (non-hydrogen) atoms. The number of halogens is 1. The number of pyridine rings is 1. The smallest absolute Gasteiger partial charge is 0.141 e. The number of nitrogens with one attached hydrogen (secondary N) is 1. The molecule has 0 saturated carbocycles. The van der Waals surface area contributed by atoms with Gasteiger partial charge in [-0.05, 0) is 23.8 Å². The summed E-state index contributed by atoms with van der Waals surface area (Å²) < 4.78 is 0. The van der Waals surface area contributed by atoms with Gasteiger partial charge in [0.15, 0.2) is 0 Å². The predicted octanol–water partition coefficient (Wildman–Crippen LogP) is 4.82. The van der Waals surface area contributed by atoms with E-state index in [2.05, 4.69) is 21.0 Å². The molecule has 0 fully saturated rings. The van der Waals surface area contributed by atoms with E-state index in [4.69, 9.17) is 11.6 Å². The number of fused-ring (bicyclic) bond motifs is 1. The minimum absolute atomic E-state index is 0.376. The first-order valence-electron chi connectivity index (χ1n) is 7.36. The van der Waals surface area contributed by atoms with Gasteiger partial charge in [0, 0.05) is 23.3 Å². The lowest BCUT2D eigenvalue weighted by atomic mass is 9.95. The summed E-state index contributed by atoms with van der Waals surface area (Å²) >= 11 is 6.49. The highest BCUT2D eigenvalue weighted by atomic mass is 35.5. The highest BCUT2D eigenvalue weighted by molar-refractivity contribution is 6.33. The summed E-state index contributed by atoms with van der Waals surface area (Å²) in [6.45, 7) is 0. The van der Waals surface area contributed by atoms with Crippen LogP contribution in [0.1, 0.15) is 5.56 Å². The number of benzene rings is 2. The summed E-state index contributed by atoms with van der Waals surface area (Å²) in [6.07, 6.45) is 3.42. The predicted molar refractivity (Wildman–Crippen MR) is 94.5 cm³/mol. The number of H-pyrrole nitrogens is 1. The maximum absolute atomic E-state index is 9.25. The Morgan fingerprint density at radius 2 is 1.88 bits per heavy atom. The minimum atomic E-state index is 0.376. The maximum atomic E-state index is 9.25. The lowest BCUT2D eigenvalue weighted by molar-refractivity contribution is 1.29. The lowest BCUT2D eigenvalue weighted by Gasteiger charge is -2.13. The lowest BCUT2D eigenvalue weighted by Crippen LogP contribution is -1.94. The second-order valence-electron chi connectivity index (χ2n) is 5.30. The van der Waals surface area contributed by atoms with Crippen molar-refractivity contribution in [2.75, 3.05) is 0 Å². The molecule has 0 aliphatic rings. The number of nitriles is 1. The van der Waals surface area contributed by atoms with E-state index in [1.54, 1.807) is 18.5 Å². The number of imidazole rings is 1. The fourth-order valence-electron chi connectivity index (χ4n) is 2.83. The van der Waals surface area contributed by atoms with Crippen LogP contribution in [-0.2, 0) is 0 Å². The van der Waals surface area contributed by atoms with E-state index in [9.17, 15) is 5.26 Å². The number of aromatic nitrogens is 3. The fraction of sp³-hybridized carbons (Fsp3) is 0. The Labute approximate surface area is 143 Å². The first kappa shape index (κ1) is 14.4. The average Bonchev–Trinajstić information content (AvgIpc) is 3.15. The zero-order chi connectivity index (χ0) is 16.5. The van der Waals surface area contributed by atoms with Crippen molar-refractivity contribution in [1.29, 1.82) is 5.26 Å². The van der Waals surface area contributed by atoms with Crippen molar-refractivity contribution in [3.05, 3.63) is 71.6 Å². The quantitative estimate of drug-likeness (QED) is 0.536. The molecule has 1 N–H and O–H groups in total. The van der Waals surface area contributed by atoms with Crippen molar-refractivity contribution >= 4 is 22.5 Å². The highest BCUT2D eigenvalue weighted by Crippen LogP contribution is 2.40. The summed E-state index contributed by atoms with van der Waals surface area (Å²) in [7, 11) is 0. The van der Waals surface area contributed by atoms with Crippen LogP contribution in [0.3, 0.4) is 0 Å². The normalized spacial score (nSPS) is 10.7. The molecule has 2 heterocycles. The Kier molecular flexibility index (Phi) is 3.49. The van der Waals surface area contributed by atoms with E-state index in [0.717, 1.165) is 27.6 Å². The van der Waals surface area contributed by atoms with Crippen molar-refractivity contribution in [2.45, 2.75) is 0 Å². The van der Waals surface area contributed by atoms with Gasteiger partial charge in [0.05, 0.1) is 22.7 Å². The third-order valence-electron chi connectivity index (χ3n) is 3.87. The number of aromatic amines is 1. The second-order valence-corrected chi connectivity index (χ2v) is 5.66. The third kappa shape index (κ3) is 2.32. The van der Waals surface area contributed by atoms with Crippen LogP contribution in [0.15, 0.2) is 60.9 Å². The minimum Gasteiger partial charge on any atom is -0.345 e. The molecule has 0 bridgehead atoms. The van der Waals surface area contributed by atoms with E-state index >= 15 is 0 Å². The van der Waals surface area contributed by atoms with Crippen LogP contribution in [0.2, 0.25) is 5.15 Å². The van der Waals surface area contributed by atoms with Crippen LogP contribution in [0.5, 0.6) is 0 Å². The van der Waals surface area contributed by atoms with Crippen LogP contribution in [0.4, 0.5) is 0 Å².